The number of carbonyl (C=O) groups excluding carboxylic acids is 1. The zero-order valence-electron chi connectivity index (χ0n) is 14.2. The van der Waals surface area contributed by atoms with Gasteiger partial charge < -0.3 is 10.2 Å². The van der Waals surface area contributed by atoms with Gasteiger partial charge in [0.15, 0.2) is 0 Å². The van der Waals surface area contributed by atoms with Gasteiger partial charge in [0.2, 0.25) is 0 Å². The standard InChI is InChI=1S/C19H20F3N3O/c20-19(21,22)10-9-14-6-1-2-8-16(14)24-18(26)15-7-5-11-23-17(15)25-12-3-4-13-25/h1-2,5-8,11H,3-4,9-10,12-13H2,(H,24,26). The van der Waals surface area contributed by atoms with Gasteiger partial charge in [-0.2, -0.15) is 13.2 Å². The van der Waals surface area contributed by atoms with Crippen LogP contribution in [0.3, 0.4) is 0 Å². The molecule has 1 N–H and O–H groups in total. The number of halogens is 3. The monoisotopic (exact) mass is 363 g/mol. The van der Waals surface area contributed by atoms with E-state index in [-0.39, 0.29) is 12.3 Å². The number of nitrogens with zero attached hydrogens (tertiary/aromatic N) is 2. The van der Waals surface area contributed by atoms with E-state index in [4.69, 9.17) is 0 Å². The Morgan fingerprint density at radius 1 is 1.12 bits per heavy atom. The third-order valence-electron chi connectivity index (χ3n) is 4.38. The van der Waals surface area contributed by atoms with Crippen molar-refractivity contribution < 1.29 is 18.0 Å². The van der Waals surface area contributed by atoms with E-state index in [1.807, 2.05) is 0 Å². The molecule has 4 nitrogen and oxygen atoms in total. The summed E-state index contributed by atoms with van der Waals surface area (Å²) < 4.78 is 37.6. The Morgan fingerprint density at radius 3 is 2.58 bits per heavy atom. The molecule has 138 valence electrons. The lowest BCUT2D eigenvalue weighted by molar-refractivity contribution is -0.133. The summed E-state index contributed by atoms with van der Waals surface area (Å²) in [4.78, 5) is 19.1. The topological polar surface area (TPSA) is 45.2 Å². The van der Waals surface area contributed by atoms with Crippen molar-refractivity contribution in [3.8, 4) is 0 Å². The van der Waals surface area contributed by atoms with Crippen molar-refractivity contribution in [1.29, 1.82) is 0 Å². The molecule has 0 atom stereocenters. The normalized spacial score (nSPS) is 14.5. The molecular weight excluding hydrogens is 343 g/mol. The van der Waals surface area contributed by atoms with E-state index < -0.39 is 12.6 Å². The molecule has 1 amide bonds. The highest BCUT2D eigenvalue weighted by molar-refractivity contribution is 6.07. The first-order valence-corrected chi connectivity index (χ1v) is 8.60. The van der Waals surface area contributed by atoms with E-state index in [1.165, 1.54) is 0 Å². The highest BCUT2D eigenvalue weighted by atomic mass is 19.4. The summed E-state index contributed by atoms with van der Waals surface area (Å²) in [5, 5.41) is 2.75. The van der Waals surface area contributed by atoms with Gasteiger partial charge in [-0.1, -0.05) is 18.2 Å². The Labute approximate surface area is 150 Å². The quantitative estimate of drug-likeness (QED) is 0.855. The zero-order valence-corrected chi connectivity index (χ0v) is 14.2. The number of pyridine rings is 1. The molecule has 0 bridgehead atoms. The minimum atomic E-state index is -4.23. The Morgan fingerprint density at radius 2 is 1.85 bits per heavy atom. The molecule has 0 spiro atoms. The zero-order chi connectivity index (χ0) is 18.6. The predicted molar refractivity (Wildman–Crippen MR) is 94.5 cm³/mol. The smallest absolute Gasteiger partial charge is 0.356 e. The fourth-order valence-corrected chi connectivity index (χ4v) is 3.08. The Bertz CT molecular complexity index is 771. The second-order valence-electron chi connectivity index (χ2n) is 6.30. The number of hydrogen-bond donors (Lipinski definition) is 1. The van der Waals surface area contributed by atoms with E-state index in [0.717, 1.165) is 25.9 Å². The fourth-order valence-electron chi connectivity index (χ4n) is 3.08. The van der Waals surface area contributed by atoms with Gasteiger partial charge in [0.05, 0.1) is 5.56 Å². The largest absolute Gasteiger partial charge is 0.389 e. The first-order valence-electron chi connectivity index (χ1n) is 8.60. The van der Waals surface area contributed by atoms with Crippen LogP contribution >= 0.6 is 0 Å². The van der Waals surface area contributed by atoms with Crippen molar-refractivity contribution in [2.45, 2.75) is 31.9 Å². The van der Waals surface area contributed by atoms with E-state index in [0.29, 0.717) is 22.6 Å². The maximum absolute atomic E-state index is 12.7. The molecule has 3 rings (SSSR count). The number of amides is 1. The van der Waals surface area contributed by atoms with Gasteiger partial charge in [-0.15, -0.1) is 0 Å². The van der Waals surface area contributed by atoms with E-state index in [2.05, 4.69) is 15.2 Å². The van der Waals surface area contributed by atoms with Gasteiger partial charge in [-0.05, 0) is 43.0 Å². The van der Waals surface area contributed by atoms with Gasteiger partial charge in [-0.3, -0.25) is 4.79 Å². The molecule has 2 heterocycles. The molecule has 0 aliphatic carbocycles. The minimum Gasteiger partial charge on any atom is -0.356 e. The van der Waals surface area contributed by atoms with Crippen LogP contribution < -0.4 is 10.2 Å². The highest BCUT2D eigenvalue weighted by Crippen LogP contribution is 2.27. The molecular formula is C19H20F3N3O. The van der Waals surface area contributed by atoms with Crippen LogP contribution in [0.15, 0.2) is 42.6 Å². The van der Waals surface area contributed by atoms with Crippen molar-refractivity contribution >= 4 is 17.4 Å². The van der Waals surface area contributed by atoms with Gasteiger partial charge in [0, 0.05) is 31.4 Å². The molecule has 2 aromatic rings. The number of anilines is 2. The summed E-state index contributed by atoms with van der Waals surface area (Å²) in [6.07, 6.45) is -1.58. The summed E-state index contributed by atoms with van der Waals surface area (Å²) in [5.74, 6) is 0.259. The molecule has 26 heavy (non-hydrogen) atoms. The number of para-hydroxylation sites is 1. The average molecular weight is 363 g/mol. The van der Waals surface area contributed by atoms with Crippen LogP contribution in [0.4, 0.5) is 24.7 Å². The molecule has 1 aromatic carbocycles. The molecule has 0 radical (unpaired) electrons. The van der Waals surface area contributed by atoms with Crippen LogP contribution in [0.5, 0.6) is 0 Å². The summed E-state index contributed by atoms with van der Waals surface area (Å²) in [5.41, 5.74) is 1.29. The highest BCUT2D eigenvalue weighted by Gasteiger charge is 2.27. The van der Waals surface area contributed by atoms with Crippen molar-refractivity contribution in [3.63, 3.8) is 0 Å². The summed E-state index contributed by atoms with van der Waals surface area (Å²) >= 11 is 0. The van der Waals surface area contributed by atoms with Crippen LogP contribution in [-0.2, 0) is 6.42 Å². The number of rotatable bonds is 5. The van der Waals surface area contributed by atoms with Crippen LogP contribution in [0.2, 0.25) is 0 Å². The van der Waals surface area contributed by atoms with Gasteiger partial charge >= 0.3 is 6.18 Å². The van der Waals surface area contributed by atoms with Crippen LogP contribution in [-0.4, -0.2) is 30.2 Å². The molecule has 1 fully saturated rings. The van der Waals surface area contributed by atoms with Crippen molar-refractivity contribution in [2.75, 3.05) is 23.3 Å². The lowest BCUT2D eigenvalue weighted by atomic mass is 10.1. The van der Waals surface area contributed by atoms with Crippen molar-refractivity contribution in [2.24, 2.45) is 0 Å². The third-order valence-corrected chi connectivity index (χ3v) is 4.38. The van der Waals surface area contributed by atoms with Gasteiger partial charge in [-0.25, -0.2) is 4.98 Å². The van der Waals surface area contributed by atoms with Crippen LogP contribution in [0.25, 0.3) is 0 Å². The molecule has 1 aliphatic heterocycles. The van der Waals surface area contributed by atoms with E-state index >= 15 is 0 Å². The molecule has 1 aliphatic rings. The first kappa shape index (κ1) is 18.2. The third kappa shape index (κ3) is 4.53. The number of nitrogens with one attached hydrogen (secondary N) is 1. The van der Waals surface area contributed by atoms with Crippen molar-refractivity contribution in [3.05, 3.63) is 53.7 Å². The molecule has 1 saturated heterocycles. The molecule has 0 saturated carbocycles. The van der Waals surface area contributed by atoms with E-state index in [9.17, 15) is 18.0 Å². The summed E-state index contributed by atoms with van der Waals surface area (Å²) in [6, 6.07) is 9.96. The van der Waals surface area contributed by atoms with E-state index in [1.54, 1.807) is 42.6 Å². The summed E-state index contributed by atoms with van der Waals surface area (Å²) in [6.45, 7) is 1.69. The first-order chi connectivity index (χ1) is 12.4. The summed E-state index contributed by atoms with van der Waals surface area (Å²) in [7, 11) is 0. The van der Waals surface area contributed by atoms with Crippen LogP contribution in [0.1, 0.15) is 35.2 Å². The number of aromatic nitrogens is 1. The SMILES string of the molecule is O=C(Nc1ccccc1CCC(F)(F)F)c1cccnc1N1CCCC1. The Kier molecular flexibility index (Phi) is 5.44. The minimum absolute atomic E-state index is 0.175. The predicted octanol–water partition coefficient (Wildman–Crippen LogP) is 4.43. The van der Waals surface area contributed by atoms with Crippen LogP contribution in [0, 0.1) is 0 Å². The number of benzene rings is 1. The van der Waals surface area contributed by atoms with Gasteiger partial charge in [0.1, 0.15) is 5.82 Å². The second-order valence-corrected chi connectivity index (χ2v) is 6.30. The molecule has 7 heteroatoms. The number of alkyl halides is 3. The number of carbonyl (C=O) groups is 1. The fraction of sp³-hybridized carbons (Fsp3) is 0.368. The second kappa shape index (κ2) is 7.76. The lowest BCUT2D eigenvalue weighted by Crippen LogP contribution is -2.24. The number of aryl methyl sites for hydroxylation is 1. The molecule has 1 aromatic heterocycles. The Hall–Kier alpha value is -2.57. The lowest BCUT2D eigenvalue weighted by Gasteiger charge is -2.20. The maximum atomic E-state index is 12.7. The Balaban J connectivity index is 1.79. The van der Waals surface area contributed by atoms with Gasteiger partial charge in [0.25, 0.3) is 5.91 Å². The van der Waals surface area contributed by atoms with Crippen molar-refractivity contribution in [1.82, 2.24) is 4.98 Å². The molecule has 0 unspecified atom stereocenters. The maximum Gasteiger partial charge on any atom is 0.389 e. The number of hydrogen-bond acceptors (Lipinski definition) is 3. The average Bonchev–Trinajstić information content (AvgIpc) is 3.15.